The number of hydrogen-bond donors (Lipinski definition) is 1. The Labute approximate surface area is 104 Å². The third kappa shape index (κ3) is 2.41. The van der Waals surface area contributed by atoms with Gasteiger partial charge in [-0.2, -0.15) is 5.10 Å². The van der Waals surface area contributed by atoms with Crippen molar-refractivity contribution in [1.29, 1.82) is 0 Å². The Balaban J connectivity index is 2.45. The van der Waals surface area contributed by atoms with Crippen molar-refractivity contribution in [2.24, 2.45) is 7.05 Å². The molecule has 1 heterocycles. The normalized spacial score (nSPS) is 12.7. The first kappa shape index (κ1) is 12.7. The van der Waals surface area contributed by atoms with Crippen LogP contribution in [0.5, 0.6) is 0 Å². The van der Waals surface area contributed by atoms with E-state index in [0.717, 1.165) is 11.8 Å². The summed E-state index contributed by atoms with van der Waals surface area (Å²) in [6.07, 6.45) is 1.65. The summed E-state index contributed by atoms with van der Waals surface area (Å²) < 4.78 is 28.5. The van der Waals surface area contributed by atoms with Crippen LogP contribution >= 0.6 is 0 Å². The van der Waals surface area contributed by atoms with Gasteiger partial charge in [0, 0.05) is 24.9 Å². The van der Waals surface area contributed by atoms with Crippen LogP contribution in [0.4, 0.5) is 8.78 Å². The van der Waals surface area contributed by atoms with Crippen molar-refractivity contribution in [3.8, 4) is 0 Å². The summed E-state index contributed by atoms with van der Waals surface area (Å²) in [5, 5.41) is 7.25. The summed E-state index contributed by atoms with van der Waals surface area (Å²) in [5.74, 6) is -1.13. The molecule has 0 aliphatic carbocycles. The fourth-order valence-electron chi connectivity index (χ4n) is 1.98. The molecule has 3 nitrogen and oxygen atoms in total. The molecule has 0 saturated heterocycles. The summed E-state index contributed by atoms with van der Waals surface area (Å²) >= 11 is 0. The Kier molecular flexibility index (Phi) is 3.72. The molecule has 96 valence electrons. The quantitative estimate of drug-likeness (QED) is 0.904. The van der Waals surface area contributed by atoms with Gasteiger partial charge in [-0.1, -0.05) is 13.0 Å². The number of aryl methyl sites for hydroxylation is 1. The number of nitrogens with one attached hydrogen (secondary N) is 1. The fraction of sp³-hybridized carbons (Fsp3) is 0.308. The van der Waals surface area contributed by atoms with Gasteiger partial charge >= 0.3 is 0 Å². The molecule has 5 heteroatoms. The van der Waals surface area contributed by atoms with Crippen LogP contribution in [0, 0.1) is 11.6 Å². The summed E-state index contributed by atoms with van der Waals surface area (Å²) in [6, 6.07) is 5.11. The predicted molar refractivity (Wildman–Crippen MR) is 65.1 cm³/mol. The third-order valence-electron chi connectivity index (χ3n) is 2.84. The van der Waals surface area contributed by atoms with Gasteiger partial charge < -0.3 is 5.32 Å². The Morgan fingerprint density at radius 3 is 2.67 bits per heavy atom. The van der Waals surface area contributed by atoms with E-state index in [1.54, 1.807) is 17.9 Å². The fourth-order valence-corrected chi connectivity index (χ4v) is 1.98. The third-order valence-corrected chi connectivity index (χ3v) is 2.84. The molecule has 0 amide bonds. The lowest BCUT2D eigenvalue weighted by Gasteiger charge is -2.19. The molecule has 0 fully saturated rings. The van der Waals surface area contributed by atoms with Crippen molar-refractivity contribution in [3.05, 3.63) is 53.4 Å². The molecule has 0 aliphatic heterocycles. The van der Waals surface area contributed by atoms with Crippen LogP contribution in [0.1, 0.15) is 24.2 Å². The van der Waals surface area contributed by atoms with E-state index >= 15 is 0 Å². The molecule has 1 N–H and O–H groups in total. The van der Waals surface area contributed by atoms with Crippen LogP contribution in [0.3, 0.4) is 0 Å². The molecule has 2 aromatic rings. The zero-order valence-electron chi connectivity index (χ0n) is 10.3. The highest BCUT2D eigenvalue weighted by Gasteiger charge is 2.19. The first-order chi connectivity index (χ1) is 8.63. The van der Waals surface area contributed by atoms with E-state index in [1.165, 1.54) is 12.1 Å². The van der Waals surface area contributed by atoms with Crippen molar-refractivity contribution < 1.29 is 8.78 Å². The van der Waals surface area contributed by atoms with Gasteiger partial charge in [0.2, 0.25) is 0 Å². The molecule has 0 aliphatic rings. The minimum absolute atomic E-state index is 0.330. The van der Waals surface area contributed by atoms with E-state index in [-0.39, 0.29) is 6.04 Å². The average Bonchev–Trinajstić information content (AvgIpc) is 2.73. The highest BCUT2D eigenvalue weighted by atomic mass is 19.1. The maximum Gasteiger partial charge on any atom is 0.131 e. The van der Waals surface area contributed by atoms with Crippen molar-refractivity contribution in [1.82, 2.24) is 15.1 Å². The second-order valence-electron chi connectivity index (χ2n) is 4.04. The predicted octanol–water partition coefficient (Wildman–Crippen LogP) is 2.40. The summed E-state index contributed by atoms with van der Waals surface area (Å²) in [6.45, 7) is 2.61. The molecule has 18 heavy (non-hydrogen) atoms. The number of nitrogens with zero attached hydrogens (tertiary/aromatic N) is 2. The Bertz CT molecular complexity index is 537. The van der Waals surface area contributed by atoms with Gasteiger partial charge in [0.05, 0.1) is 11.7 Å². The number of benzene rings is 1. The van der Waals surface area contributed by atoms with E-state index in [9.17, 15) is 8.78 Å². The van der Waals surface area contributed by atoms with Gasteiger partial charge in [0.25, 0.3) is 0 Å². The zero-order chi connectivity index (χ0) is 13.1. The summed E-state index contributed by atoms with van der Waals surface area (Å²) in [4.78, 5) is 0. The Morgan fingerprint density at radius 1 is 1.33 bits per heavy atom. The standard InChI is InChI=1S/C13H15F2N3/c1-3-16-13(12-6-7-17-18(12)2)10-5-4-9(14)8-11(10)15/h4-8,13,16H,3H2,1-2H3. The largest absolute Gasteiger partial charge is 0.305 e. The second-order valence-corrected chi connectivity index (χ2v) is 4.04. The lowest BCUT2D eigenvalue weighted by atomic mass is 10.0. The SMILES string of the molecule is CCNC(c1ccc(F)cc1F)c1ccnn1C. The smallest absolute Gasteiger partial charge is 0.131 e. The maximum absolute atomic E-state index is 13.8. The van der Waals surface area contributed by atoms with Crippen molar-refractivity contribution >= 4 is 0 Å². The van der Waals surface area contributed by atoms with Crippen molar-refractivity contribution in [2.45, 2.75) is 13.0 Å². The van der Waals surface area contributed by atoms with E-state index < -0.39 is 11.6 Å². The monoisotopic (exact) mass is 251 g/mol. The first-order valence-corrected chi connectivity index (χ1v) is 5.79. The van der Waals surface area contributed by atoms with Gasteiger partial charge in [-0.15, -0.1) is 0 Å². The number of halogens is 2. The lowest BCUT2D eigenvalue weighted by molar-refractivity contribution is 0.521. The molecule has 0 saturated carbocycles. The van der Waals surface area contributed by atoms with Crippen LogP contribution in [0.25, 0.3) is 0 Å². The molecule has 1 aromatic heterocycles. The van der Waals surface area contributed by atoms with Crippen LogP contribution in [-0.2, 0) is 7.05 Å². The van der Waals surface area contributed by atoms with Crippen LogP contribution in [-0.4, -0.2) is 16.3 Å². The molecule has 1 atom stereocenters. The molecule has 0 bridgehead atoms. The number of hydrogen-bond acceptors (Lipinski definition) is 2. The number of rotatable bonds is 4. The second kappa shape index (κ2) is 5.27. The molecule has 1 unspecified atom stereocenters. The lowest BCUT2D eigenvalue weighted by Crippen LogP contribution is -2.25. The zero-order valence-corrected chi connectivity index (χ0v) is 10.3. The van der Waals surface area contributed by atoms with Gasteiger partial charge in [-0.3, -0.25) is 4.68 Å². The van der Waals surface area contributed by atoms with Crippen molar-refractivity contribution in [2.75, 3.05) is 6.54 Å². The van der Waals surface area contributed by atoms with E-state index in [4.69, 9.17) is 0 Å². The molecular formula is C13H15F2N3. The highest BCUT2D eigenvalue weighted by Crippen LogP contribution is 2.24. The minimum atomic E-state index is -0.573. The summed E-state index contributed by atoms with van der Waals surface area (Å²) in [7, 11) is 1.79. The Hall–Kier alpha value is -1.75. The summed E-state index contributed by atoms with van der Waals surface area (Å²) in [5.41, 5.74) is 1.25. The maximum atomic E-state index is 13.8. The molecule has 2 rings (SSSR count). The van der Waals surface area contributed by atoms with Crippen LogP contribution < -0.4 is 5.32 Å². The number of aromatic nitrogens is 2. The van der Waals surface area contributed by atoms with Crippen LogP contribution in [0.15, 0.2) is 30.5 Å². The first-order valence-electron chi connectivity index (χ1n) is 5.79. The van der Waals surface area contributed by atoms with Gasteiger partial charge in [-0.25, -0.2) is 8.78 Å². The van der Waals surface area contributed by atoms with Crippen LogP contribution in [0.2, 0.25) is 0 Å². The van der Waals surface area contributed by atoms with Gasteiger partial charge in [0.1, 0.15) is 11.6 Å². The molecule has 0 spiro atoms. The molecular weight excluding hydrogens is 236 g/mol. The van der Waals surface area contributed by atoms with Crippen molar-refractivity contribution in [3.63, 3.8) is 0 Å². The van der Waals surface area contributed by atoms with E-state index in [2.05, 4.69) is 10.4 Å². The molecule has 1 aromatic carbocycles. The van der Waals surface area contributed by atoms with E-state index in [1.807, 2.05) is 13.0 Å². The average molecular weight is 251 g/mol. The van der Waals surface area contributed by atoms with Gasteiger partial charge in [-0.05, 0) is 18.7 Å². The minimum Gasteiger partial charge on any atom is -0.305 e. The topological polar surface area (TPSA) is 29.9 Å². The Morgan fingerprint density at radius 2 is 2.11 bits per heavy atom. The highest BCUT2D eigenvalue weighted by molar-refractivity contribution is 5.29. The van der Waals surface area contributed by atoms with E-state index in [0.29, 0.717) is 12.1 Å². The van der Waals surface area contributed by atoms with Gasteiger partial charge in [0.15, 0.2) is 0 Å². The molecule has 0 radical (unpaired) electrons.